The highest BCUT2D eigenvalue weighted by atomic mass is 16.3. The predicted molar refractivity (Wildman–Crippen MR) is 78.0 cm³/mol. The van der Waals surface area contributed by atoms with E-state index in [0.29, 0.717) is 12.1 Å². The molecule has 0 aliphatic heterocycles. The molecule has 0 aliphatic carbocycles. The maximum atomic E-state index is 9.18. The molecule has 0 saturated heterocycles. The molecule has 2 aromatic rings. The lowest BCUT2D eigenvalue weighted by Gasteiger charge is -2.30. The first-order valence-electron chi connectivity index (χ1n) is 6.47. The van der Waals surface area contributed by atoms with Gasteiger partial charge in [0.15, 0.2) is 0 Å². The molecule has 5 nitrogen and oxygen atoms in total. The van der Waals surface area contributed by atoms with Crippen molar-refractivity contribution in [2.24, 2.45) is 0 Å². The SMILES string of the molecule is CCC(C)(CCO)Nc1ncnc2ccc(N)cc12. The minimum absolute atomic E-state index is 0.141. The van der Waals surface area contributed by atoms with Gasteiger partial charge in [-0.15, -0.1) is 0 Å². The fraction of sp³-hybridized carbons (Fsp3) is 0.429. The van der Waals surface area contributed by atoms with Crippen molar-refractivity contribution in [1.29, 1.82) is 0 Å². The van der Waals surface area contributed by atoms with Gasteiger partial charge in [-0.2, -0.15) is 0 Å². The van der Waals surface area contributed by atoms with Crippen LogP contribution in [0.5, 0.6) is 0 Å². The molecule has 1 heterocycles. The molecule has 102 valence electrons. The monoisotopic (exact) mass is 260 g/mol. The molecular weight excluding hydrogens is 240 g/mol. The number of aliphatic hydroxyl groups is 1. The quantitative estimate of drug-likeness (QED) is 0.717. The van der Waals surface area contributed by atoms with E-state index in [0.717, 1.165) is 23.1 Å². The lowest BCUT2D eigenvalue weighted by Crippen LogP contribution is -2.35. The van der Waals surface area contributed by atoms with Gasteiger partial charge in [0.2, 0.25) is 0 Å². The highest BCUT2D eigenvalue weighted by Gasteiger charge is 2.22. The molecular formula is C14H20N4O. The van der Waals surface area contributed by atoms with E-state index < -0.39 is 0 Å². The second kappa shape index (κ2) is 5.40. The first-order chi connectivity index (χ1) is 9.08. The maximum absolute atomic E-state index is 9.18. The van der Waals surface area contributed by atoms with Crippen LogP contribution in [-0.4, -0.2) is 27.2 Å². The standard InChI is InChI=1S/C14H20N4O/c1-3-14(2,6-7-19)18-13-11-8-10(15)4-5-12(11)16-9-17-13/h4-5,8-9,19H,3,6-7,15H2,1-2H3,(H,16,17,18). The van der Waals surface area contributed by atoms with Crippen LogP contribution in [0.15, 0.2) is 24.5 Å². The molecule has 1 atom stereocenters. The van der Waals surface area contributed by atoms with Crippen molar-refractivity contribution in [3.63, 3.8) is 0 Å². The molecule has 0 spiro atoms. The summed E-state index contributed by atoms with van der Waals surface area (Å²) in [6.45, 7) is 4.30. The molecule has 0 amide bonds. The van der Waals surface area contributed by atoms with E-state index in [9.17, 15) is 5.11 Å². The van der Waals surface area contributed by atoms with Gasteiger partial charge in [0, 0.05) is 23.2 Å². The van der Waals surface area contributed by atoms with Crippen LogP contribution < -0.4 is 11.1 Å². The van der Waals surface area contributed by atoms with Gasteiger partial charge >= 0.3 is 0 Å². The van der Waals surface area contributed by atoms with E-state index in [1.807, 2.05) is 18.2 Å². The largest absolute Gasteiger partial charge is 0.399 e. The van der Waals surface area contributed by atoms with E-state index in [2.05, 4.69) is 29.1 Å². The van der Waals surface area contributed by atoms with Crippen molar-refractivity contribution in [2.45, 2.75) is 32.2 Å². The zero-order valence-corrected chi connectivity index (χ0v) is 11.3. The number of aliphatic hydroxyl groups excluding tert-OH is 1. The van der Waals surface area contributed by atoms with Gasteiger partial charge in [-0.25, -0.2) is 9.97 Å². The molecule has 1 aromatic heterocycles. The van der Waals surface area contributed by atoms with E-state index in [1.54, 1.807) is 0 Å². The van der Waals surface area contributed by atoms with E-state index in [1.165, 1.54) is 6.33 Å². The maximum Gasteiger partial charge on any atom is 0.137 e. The van der Waals surface area contributed by atoms with Crippen molar-refractivity contribution < 1.29 is 5.11 Å². The van der Waals surface area contributed by atoms with Crippen LogP contribution in [0.2, 0.25) is 0 Å². The first-order valence-corrected chi connectivity index (χ1v) is 6.47. The van der Waals surface area contributed by atoms with Crippen LogP contribution in [0.25, 0.3) is 10.9 Å². The van der Waals surface area contributed by atoms with Gasteiger partial charge < -0.3 is 16.2 Å². The summed E-state index contributed by atoms with van der Waals surface area (Å²) in [5, 5.41) is 13.5. The fourth-order valence-corrected chi connectivity index (χ4v) is 2.03. The number of fused-ring (bicyclic) bond motifs is 1. The number of nitrogen functional groups attached to an aromatic ring is 1. The molecule has 1 aromatic carbocycles. The number of hydrogen-bond acceptors (Lipinski definition) is 5. The Morgan fingerprint density at radius 2 is 2.16 bits per heavy atom. The third-order valence-corrected chi connectivity index (χ3v) is 3.52. The normalized spacial score (nSPS) is 14.3. The van der Waals surface area contributed by atoms with Crippen LogP contribution >= 0.6 is 0 Å². The second-order valence-electron chi connectivity index (χ2n) is 5.01. The minimum atomic E-state index is -0.194. The Labute approximate surface area is 112 Å². The first kappa shape index (κ1) is 13.5. The van der Waals surface area contributed by atoms with Crippen molar-refractivity contribution in [3.8, 4) is 0 Å². The summed E-state index contributed by atoms with van der Waals surface area (Å²) in [6, 6.07) is 5.57. The number of nitrogens with two attached hydrogens (primary N) is 1. The minimum Gasteiger partial charge on any atom is -0.399 e. The van der Waals surface area contributed by atoms with Crippen LogP contribution in [0, 0.1) is 0 Å². The van der Waals surface area contributed by atoms with Gasteiger partial charge in [-0.05, 0) is 38.0 Å². The second-order valence-corrected chi connectivity index (χ2v) is 5.01. The Bertz CT molecular complexity index is 572. The number of rotatable bonds is 5. The third kappa shape index (κ3) is 2.93. The van der Waals surface area contributed by atoms with E-state index in [-0.39, 0.29) is 12.1 Å². The topological polar surface area (TPSA) is 84.1 Å². The van der Waals surface area contributed by atoms with Crippen LogP contribution in [0.3, 0.4) is 0 Å². The summed E-state index contributed by atoms with van der Waals surface area (Å²) in [5.41, 5.74) is 7.17. The number of anilines is 2. The Morgan fingerprint density at radius 3 is 2.84 bits per heavy atom. The molecule has 0 saturated carbocycles. The molecule has 19 heavy (non-hydrogen) atoms. The summed E-state index contributed by atoms with van der Waals surface area (Å²) < 4.78 is 0. The molecule has 5 heteroatoms. The molecule has 0 fully saturated rings. The number of nitrogens with zero attached hydrogens (tertiary/aromatic N) is 2. The van der Waals surface area contributed by atoms with Crippen LogP contribution in [-0.2, 0) is 0 Å². The fourth-order valence-electron chi connectivity index (χ4n) is 2.03. The number of hydrogen-bond donors (Lipinski definition) is 3. The van der Waals surface area contributed by atoms with Gasteiger partial charge in [-0.3, -0.25) is 0 Å². The Kier molecular flexibility index (Phi) is 3.85. The Morgan fingerprint density at radius 1 is 1.37 bits per heavy atom. The smallest absolute Gasteiger partial charge is 0.137 e. The number of nitrogens with one attached hydrogen (secondary N) is 1. The summed E-state index contributed by atoms with van der Waals surface area (Å²) in [7, 11) is 0. The number of benzene rings is 1. The van der Waals surface area contributed by atoms with Crippen molar-refractivity contribution in [3.05, 3.63) is 24.5 Å². The summed E-state index contributed by atoms with van der Waals surface area (Å²) >= 11 is 0. The Balaban J connectivity index is 2.42. The molecule has 0 radical (unpaired) electrons. The average molecular weight is 260 g/mol. The van der Waals surface area contributed by atoms with Crippen LogP contribution in [0.4, 0.5) is 11.5 Å². The third-order valence-electron chi connectivity index (χ3n) is 3.52. The van der Waals surface area contributed by atoms with Gasteiger partial charge in [0.05, 0.1) is 5.52 Å². The van der Waals surface area contributed by atoms with Crippen molar-refractivity contribution in [2.75, 3.05) is 17.7 Å². The zero-order chi connectivity index (χ0) is 13.9. The predicted octanol–water partition coefficient (Wildman–Crippen LogP) is 2.17. The lowest BCUT2D eigenvalue weighted by molar-refractivity contribution is 0.252. The van der Waals surface area contributed by atoms with E-state index in [4.69, 9.17) is 5.73 Å². The molecule has 2 rings (SSSR count). The lowest BCUT2D eigenvalue weighted by atomic mass is 9.94. The van der Waals surface area contributed by atoms with Gasteiger partial charge in [0.1, 0.15) is 12.1 Å². The average Bonchev–Trinajstić information content (AvgIpc) is 2.40. The summed E-state index contributed by atoms with van der Waals surface area (Å²) in [6.07, 6.45) is 3.09. The van der Waals surface area contributed by atoms with E-state index >= 15 is 0 Å². The Hall–Kier alpha value is -1.88. The summed E-state index contributed by atoms with van der Waals surface area (Å²) in [4.78, 5) is 8.53. The molecule has 1 unspecified atom stereocenters. The van der Waals surface area contributed by atoms with Gasteiger partial charge in [0.25, 0.3) is 0 Å². The molecule has 0 aliphatic rings. The van der Waals surface area contributed by atoms with Crippen molar-refractivity contribution >= 4 is 22.4 Å². The highest BCUT2D eigenvalue weighted by Crippen LogP contribution is 2.26. The zero-order valence-electron chi connectivity index (χ0n) is 11.3. The highest BCUT2D eigenvalue weighted by molar-refractivity contribution is 5.91. The van der Waals surface area contributed by atoms with Crippen LogP contribution in [0.1, 0.15) is 26.7 Å². The molecule has 0 bridgehead atoms. The van der Waals surface area contributed by atoms with Crippen molar-refractivity contribution in [1.82, 2.24) is 9.97 Å². The summed E-state index contributed by atoms with van der Waals surface area (Å²) in [5.74, 6) is 0.759. The molecule has 4 N–H and O–H groups in total. The van der Waals surface area contributed by atoms with Gasteiger partial charge in [-0.1, -0.05) is 6.92 Å². The number of aromatic nitrogens is 2.